The number of hydrogen-bond donors (Lipinski definition) is 0. The van der Waals surface area contributed by atoms with Crippen LogP contribution in [0.1, 0.15) is 50.5 Å². The zero-order chi connectivity index (χ0) is 21.5. The van der Waals surface area contributed by atoms with E-state index in [9.17, 15) is 8.42 Å². The van der Waals surface area contributed by atoms with Gasteiger partial charge in [0, 0.05) is 19.8 Å². The number of hydrogen-bond acceptors (Lipinski definition) is 7. The highest BCUT2D eigenvalue weighted by Crippen LogP contribution is 2.14. The molecule has 172 valence electrons. The number of unbranched alkanes of at least 4 members (excludes halogenated alkanes) is 2. The highest BCUT2D eigenvalue weighted by molar-refractivity contribution is 7.86. The number of benzene rings is 1. The van der Waals surface area contributed by atoms with E-state index in [1.165, 1.54) is 6.42 Å². The number of aryl methyl sites for hydroxylation is 1. The molecule has 0 spiro atoms. The first-order valence-corrected chi connectivity index (χ1v) is 12.3. The highest BCUT2D eigenvalue weighted by Gasteiger charge is 2.14. The monoisotopic (exact) mass is 444 g/mol. The number of ether oxygens (including phenoxy) is 4. The largest absolute Gasteiger partial charge is 0.379 e. The van der Waals surface area contributed by atoms with Crippen molar-refractivity contribution in [1.82, 2.24) is 0 Å². The van der Waals surface area contributed by atoms with Crippen molar-refractivity contribution in [3.8, 4) is 0 Å². The third-order valence-corrected chi connectivity index (χ3v) is 6.05. The summed E-state index contributed by atoms with van der Waals surface area (Å²) in [7, 11) is -3.66. The molecule has 0 aliphatic carbocycles. The fraction of sp³-hybridized carbons (Fsp3) is 0.727. The van der Waals surface area contributed by atoms with Crippen molar-refractivity contribution in [1.29, 1.82) is 0 Å². The van der Waals surface area contributed by atoms with Crippen LogP contribution in [0.4, 0.5) is 0 Å². The van der Waals surface area contributed by atoms with Gasteiger partial charge in [-0.3, -0.25) is 4.18 Å². The molecule has 7 nitrogen and oxygen atoms in total. The summed E-state index contributed by atoms with van der Waals surface area (Å²) in [6.45, 7) is 5.98. The van der Waals surface area contributed by atoms with Crippen LogP contribution in [0.15, 0.2) is 29.2 Å². The molecule has 1 atom stereocenters. The van der Waals surface area contributed by atoms with Crippen molar-refractivity contribution in [3.05, 3.63) is 29.8 Å². The van der Waals surface area contributed by atoms with Gasteiger partial charge in [0.05, 0.1) is 31.3 Å². The van der Waals surface area contributed by atoms with E-state index in [0.29, 0.717) is 39.5 Å². The summed E-state index contributed by atoms with van der Waals surface area (Å²) in [4.78, 5) is 0.199. The second-order valence-electron chi connectivity index (χ2n) is 7.40. The van der Waals surface area contributed by atoms with E-state index >= 15 is 0 Å². The third-order valence-electron chi connectivity index (χ3n) is 4.73. The Hall–Kier alpha value is -1.03. The van der Waals surface area contributed by atoms with Gasteiger partial charge in [-0.15, -0.1) is 0 Å². The predicted molar refractivity (Wildman–Crippen MR) is 114 cm³/mol. The molecule has 2 rings (SSSR count). The second kappa shape index (κ2) is 14.9. The van der Waals surface area contributed by atoms with Crippen LogP contribution in [0.25, 0.3) is 0 Å². The van der Waals surface area contributed by atoms with Crippen LogP contribution in [-0.4, -0.2) is 61.0 Å². The van der Waals surface area contributed by atoms with Crippen molar-refractivity contribution in [2.45, 2.75) is 63.1 Å². The summed E-state index contributed by atoms with van der Waals surface area (Å²) < 4.78 is 51.4. The minimum absolute atomic E-state index is 0.0322. The molecule has 1 fully saturated rings. The lowest BCUT2D eigenvalue weighted by molar-refractivity contribution is -0.164. The lowest BCUT2D eigenvalue weighted by Gasteiger charge is -2.22. The van der Waals surface area contributed by atoms with Crippen LogP contribution in [0, 0.1) is 6.92 Å². The molecular weight excluding hydrogens is 408 g/mol. The SMILES string of the molecule is Cc1ccc(S(=O)(=O)OCCCCCOCCOCCCOC2CCCCO2)cc1. The van der Waals surface area contributed by atoms with Gasteiger partial charge in [-0.05, 0) is 64.0 Å². The van der Waals surface area contributed by atoms with Gasteiger partial charge in [0.2, 0.25) is 0 Å². The first-order valence-electron chi connectivity index (χ1n) is 10.9. The van der Waals surface area contributed by atoms with Gasteiger partial charge in [0.15, 0.2) is 6.29 Å². The minimum Gasteiger partial charge on any atom is -0.379 e. The van der Waals surface area contributed by atoms with Crippen LogP contribution in [-0.2, 0) is 33.2 Å². The Labute approximate surface area is 181 Å². The smallest absolute Gasteiger partial charge is 0.296 e. The molecule has 30 heavy (non-hydrogen) atoms. The zero-order valence-electron chi connectivity index (χ0n) is 18.1. The van der Waals surface area contributed by atoms with E-state index in [-0.39, 0.29) is 17.8 Å². The maximum atomic E-state index is 12.1. The molecule has 0 saturated carbocycles. The first kappa shape index (κ1) is 25.2. The molecule has 0 radical (unpaired) electrons. The first-order chi connectivity index (χ1) is 14.6. The van der Waals surface area contributed by atoms with E-state index < -0.39 is 10.1 Å². The van der Waals surface area contributed by atoms with Crippen LogP contribution >= 0.6 is 0 Å². The summed E-state index contributed by atoms with van der Waals surface area (Å²) in [5, 5.41) is 0. The second-order valence-corrected chi connectivity index (χ2v) is 9.01. The van der Waals surface area contributed by atoms with Gasteiger partial charge in [-0.25, -0.2) is 0 Å². The Morgan fingerprint density at radius 3 is 2.27 bits per heavy atom. The molecule has 8 heteroatoms. The minimum atomic E-state index is -3.66. The van der Waals surface area contributed by atoms with Gasteiger partial charge in [0.1, 0.15) is 0 Å². The van der Waals surface area contributed by atoms with Gasteiger partial charge in [0.25, 0.3) is 10.1 Å². The predicted octanol–water partition coefficient (Wildman–Crippen LogP) is 3.84. The van der Waals surface area contributed by atoms with E-state index in [2.05, 4.69) is 0 Å². The van der Waals surface area contributed by atoms with Gasteiger partial charge in [-0.1, -0.05) is 17.7 Å². The normalized spacial score (nSPS) is 17.3. The molecule has 0 aromatic heterocycles. The molecule has 1 aliphatic heterocycles. The van der Waals surface area contributed by atoms with Crippen molar-refractivity contribution >= 4 is 10.1 Å². The molecule has 0 N–H and O–H groups in total. The lowest BCUT2D eigenvalue weighted by atomic mass is 10.2. The maximum absolute atomic E-state index is 12.1. The molecule has 1 unspecified atom stereocenters. The van der Waals surface area contributed by atoms with Crippen molar-refractivity contribution in [3.63, 3.8) is 0 Å². The van der Waals surface area contributed by atoms with E-state index in [1.807, 2.05) is 6.92 Å². The van der Waals surface area contributed by atoms with Gasteiger partial charge >= 0.3 is 0 Å². The number of rotatable bonds is 16. The Balaban J connectivity index is 1.34. The molecule has 1 aromatic rings. The quantitative estimate of drug-likeness (QED) is 0.283. The Morgan fingerprint density at radius 1 is 0.867 bits per heavy atom. The molecular formula is C22H36O7S. The van der Waals surface area contributed by atoms with E-state index in [0.717, 1.165) is 44.3 Å². The Kier molecular flexibility index (Phi) is 12.5. The van der Waals surface area contributed by atoms with E-state index in [1.54, 1.807) is 24.3 Å². The fourth-order valence-corrected chi connectivity index (χ4v) is 3.91. The van der Waals surface area contributed by atoms with Crippen LogP contribution < -0.4 is 0 Å². The third kappa shape index (κ3) is 10.8. The van der Waals surface area contributed by atoms with Crippen LogP contribution in [0.3, 0.4) is 0 Å². The Bertz CT molecular complexity index is 655. The summed E-state index contributed by atoms with van der Waals surface area (Å²) >= 11 is 0. The molecule has 0 amide bonds. The van der Waals surface area contributed by atoms with E-state index in [4.69, 9.17) is 23.1 Å². The van der Waals surface area contributed by atoms with Gasteiger partial charge in [-0.2, -0.15) is 8.42 Å². The summed E-state index contributed by atoms with van der Waals surface area (Å²) in [6, 6.07) is 6.66. The summed E-state index contributed by atoms with van der Waals surface area (Å²) in [6.07, 6.45) is 6.51. The highest BCUT2D eigenvalue weighted by atomic mass is 32.2. The molecule has 1 aliphatic rings. The van der Waals surface area contributed by atoms with Crippen molar-refractivity contribution < 1.29 is 31.5 Å². The summed E-state index contributed by atoms with van der Waals surface area (Å²) in [5.74, 6) is 0. The maximum Gasteiger partial charge on any atom is 0.296 e. The topological polar surface area (TPSA) is 80.3 Å². The zero-order valence-corrected chi connectivity index (χ0v) is 18.9. The molecule has 0 bridgehead atoms. The van der Waals surface area contributed by atoms with Crippen molar-refractivity contribution in [2.24, 2.45) is 0 Å². The van der Waals surface area contributed by atoms with Crippen LogP contribution in [0.5, 0.6) is 0 Å². The molecule has 1 saturated heterocycles. The molecule has 1 aromatic carbocycles. The summed E-state index contributed by atoms with van der Waals surface area (Å²) in [5.41, 5.74) is 1.01. The average molecular weight is 445 g/mol. The fourth-order valence-electron chi connectivity index (χ4n) is 2.96. The van der Waals surface area contributed by atoms with Gasteiger partial charge < -0.3 is 18.9 Å². The average Bonchev–Trinajstić information content (AvgIpc) is 2.75. The van der Waals surface area contributed by atoms with Crippen LogP contribution in [0.2, 0.25) is 0 Å². The molecule has 1 heterocycles. The van der Waals surface area contributed by atoms with Crippen molar-refractivity contribution in [2.75, 3.05) is 46.2 Å². The standard InChI is InChI=1S/C22H36O7S/c1-20-9-11-21(12-10-20)30(23,24)29-17-5-2-4-13-25-18-19-26-14-7-16-28-22-8-3-6-15-27-22/h9-12,22H,2-8,13-19H2,1H3. The Morgan fingerprint density at radius 2 is 1.57 bits per heavy atom. The lowest BCUT2D eigenvalue weighted by Crippen LogP contribution is -2.23.